The van der Waals surface area contributed by atoms with E-state index in [-0.39, 0.29) is 11.9 Å². The number of fused-ring (bicyclic) bond motifs is 2. The molecule has 2 aliphatic heterocycles. The van der Waals surface area contributed by atoms with Gasteiger partial charge in [0, 0.05) is 12.1 Å². The Balaban J connectivity index is 2.02. The van der Waals surface area contributed by atoms with Gasteiger partial charge in [0.15, 0.2) is 0 Å². The molecule has 0 aromatic rings. The van der Waals surface area contributed by atoms with Gasteiger partial charge >= 0.3 is 5.97 Å². The van der Waals surface area contributed by atoms with Crippen molar-refractivity contribution in [3.8, 4) is 0 Å². The van der Waals surface area contributed by atoms with Crippen molar-refractivity contribution < 1.29 is 9.53 Å². The van der Waals surface area contributed by atoms with Gasteiger partial charge in [-0.15, -0.1) is 0 Å². The molecular weight excluding hydrogens is 190 g/mol. The predicted molar refractivity (Wildman–Crippen MR) is 49.2 cm³/mol. The van der Waals surface area contributed by atoms with Gasteiger partial charge in [0.25, 0.3) is 0 Å². The summed E-state index contributed by atoms with van der Waals surface area (Å²) in [6.07, 6.45) is 3.99. The van der Waals surface area contributed by atoms with Crippen LogP contribution in [0.15, 0.2) is 0 Å². The molecule has 0 spiro atoms. The number of halogens is 1. The van der Waals surface area contributed by atoms with Crippen LogP contribution in [0, 0.1) is 5.92 Å². The lowest BCUT2D eigenvalue weighted by atomic mass is 9.93. The lowest BCUT2D eigenvalue weighted by Gasteiger charge is -2.32. The Morgan fingerprint density at radius 1 is 1.38 bits per heavy atom. The molecule has 2 atom stereocenters. The van der Waals surface area contributed by atoms with Gasteiger partial charge in [-0.3, -0.25) is 4.79 Å². The van der Waals surface area contributed by atoms with E-state index < -0.39 is 0 Å². The summed E-state index contributed by atoms with van der Waals surface area (Å²) >= 11 is 6.07. The van der Waals surface area contributed by atoms with Gasteiger partial charge in [0.1, 0.15) is 0 Å². The van der Waals surface area contributed by atoms with Crippen LogP contribution in [0.1, 0.15) is 25.7 Å². The van der Waals surface area contributed by atoms with Crippen molar-refractivity contribution in [2.75, 3.05) is 7.11 Å². The summed E-state index contributed by atoms with van der Waals surface area (Å²) in [5.41, 5.74) is 0. The highest BCUT2D eigenvalue weighted by molar-refractivity contribution is 6.14. The molecule has 0 N–H and O–H groups in total. The summed E-state index contributed by atoms with van der Waals surface area (Å²) in [4.78, 5) is 11.3. The molecule has 3 nitrogen and oxygen atoms in total. The van der Waals surface area contributed by atoms with E-state index in [9.17, 15) is 4.79 Å². The Labute approximate surface area is 83.1 Å². The topological polar surface area (TPSA) is 29.5 Å². The van der Waals surface area contributed by atoms with Gasteiger partial charge in [-0.25, -0.2) is 4.42 Å². The highest BCUT2D eigenvalue weighted by Crippen LogP contribution is 2.40. The van der Waals surface area contributed by atoms with Crippen LogP contribution >= 0.6 is 11.8 Å². The minimum atomic E-state index is -0.0679. The molecule has 2 saturated heterocycles. The summed E-state index contributed by atoms with van der Waals surface area (Å²) in [6, 6.07) is 0.786. The molecule has 2 heterocycles. The fraction of sp³-hybridized carbons (Fsp3) is 0.889. The zero-order chi connectivity index (χ0) is 9.42. The highest BCUT2D eigenvalue weighted by Gasteiger charge is 2.42. The number of esters is 1. The first kappa shape index (κ1) is 9.28. The van der Waals surface area contributed by atoms with Gasteiger partial charge in [-0.05, 0) is 37.5 Å². The number of carbonyl (C=O) groups is 1. The Kier molecular flexibility index (Phi) is 2.47. The first-order valence-electron chi connectivity index (χ1n) is 4.74. The molecular formula is C9H14ClNO2. The molecule has 74 valence electrons. The molecule has 13 heavy (non-hydrogen) atoms. The molecule has 0 saturated carbocycles. The molecule has 2 fully saturated rings. The number of ether oxygens (including phenoxy) is 1. The van der Waals surface area contributed by atoms with Crippen molar-refractivity contribution in [1.29, 1.82) is 0 Å². The highest BCUT2D eigenvalue weighted by atomic mass is 35.5. The van der Waals surface area contributed by atoms with E-state index in [1.165, 1.54) is 7.11 Å². The van der Waals surface area contributed by atoms with Crippen molar-refractivity contribution in [2.24, 2.45) is 5.92 Å². The molecule has 0 aromatic heterocycles. The minimum absolute atomic E-state index is 0.0679. The first-order valence-corrected chi connectivity index (χ1v) is 5.08. The largest absolute Gasteiger partial charge is 0.469 e. The van der Waals surface area contributed by atoms with Gasteiger partial charge < -0.3 is 4.74 Å². The molecule has 0 amide bonds. The molecule has 0 radical (unpaired) electrons. The average molecular weight is 204 g/mol. The second kappa shape index (κ2) is 3.46. The number of carbonyl (C=O) groups excluding carboxylic acids is 1. The van der Waals surface area contributed by atoms with Crippen LogP contribution in [0.3, 0.4) is 0 Å². The fourth-order valence-corrected chi connectivity index (χ4v) is 2.83. The Bertz CT molecular complexity index is 208. The molecule has 2 bridgehead atoms. The van der Waals surface area contributed by atoms with Crippen LogP contribution in [-0.4, -0.2) is 29.6 Å². The number of hydrogen-bond donors (Lipinski definition) is 0. The van der Waals surface area contributed by atoms with Crippen LogP contribution in [0.2, 0.25) is 0 Å². The van der Waals surface area contributed by atoms with Crippen LogP contribution in [-0.2, 0) is 9.53 Å². The second-order valence-corrected chi connectivity index (χ2v) is 4.31. The lowest BCUT2D eigenvalue weighted by Crippen LogP contribution is -2.39. The van der Waals surface area contributed by atoms with E-state index >= 15 is 0 Å². The smallest absolute Gasteiger partial charge is 0.308 e. The van der Waals surface area contributed by atoms with Crippen LogP contribution < -0.4 is 0 Å². The third kappa shape index (κ3) is 1.55. The molecule has 0 aromatic carbocycles. The summed E-state index contributed by atoms with van der Waals surface area (Å²) in [7, 11) is 1.46. The summed E-state index contributed by atoms with van der Waals surface area (Å²) in [5, 5.41) is 0. The van der Waals surface area contributed by atoms with E-state index in [0.29, 0.717) is 12.1 Å². The minimum Gasteiger partial charge on any atom is -0.469 e. The van der Waals surface area contributed by atoms with E-state index in [1.54, 1.807) is 0 Å². The Hall–Kier alpha value is -0.280. The number of methoxy groups -OCH3 is 1. The number of hydrogen-bond acceptors (Lipinski definition) is 3. The fourth-order valence-electron chi connectivity index (χ4n) is 2.48. The monoisotopic (exact) mass is 203 g/mol. The quantitative estimate of drug-likeness (QED) is 0.479. The standard InChI is InChI=1S/C9H14ClNO2/c1-13-9(12)6-4-7-2-3-8(5-6)11(7)10/h6-8H,2-5H2,1H3. The zero-order valence-electron chi connectivity index (χ0n) is 7.70. The first-order chi connectivity index (χ1) is 6.22. The van der Waals surface area contributed by atoms with E-state index in [0.717, 1.165) is 25.7 Å². The van der Waals surface area contributed by atoms with E-state index in [2.05, 4.69) is 0 Å². The SMILES string of the molecule is COC(=O)C1CC2CCC(C1)N2Cl. The van der Waals surface area contributed by atoms with E-state index in [1.807, 2.05) is 4.42 Å². The maximum atomic E-state index is 11.3. The van der Waals surface area contributed by atoms with E-state index in [4.69, 9.17) is 16.5 Å². The summed E-state index contributed by atoms with van der Waals surface area (Å²) < 4.78 is 6.65. The van der Waals surface area contributed by atoms with Crippen molar-refractivity contribution in [2.45, 2.75) is 37.8 Å². The second-order valence-electron chi connectivity index (χ2n) is 3.92. The van der Waals surface area contributed by atoms with Gasteiger partial charge in [-0.2, -0.15) is 0 Å². The summed E-state index contributed by atoms with van der Waals surface area (Å²) in [6.45, 7) is 0. The number of nitrogens with zero attached hydrogens (tertiary/aromatic N) is 1. The van der Waals surface area contributed by atoms with Crippen LogP contribution in [0.5, 0.6) is 0 Å². The molecule has 4 heteroatoms. The van der Waals surface area contributed by atoms with Crippen molar-refractivity contribution in [1.82, 2.24) is 4.42 Å². The predicted octanol–water partition coefficient (Wildman–Crippen LogP) is 1.56. The lowest BCUT2D eigenvalue weighted by molar-refractivity contribution is -0.147. The van der Waals surface area contributed by atoms with Crippen LogP contribution in [0.25, 0.3) is 0 Å². The Morgan fingerprint density at radius 2 is 1.92 bits per heavy atom. The van der Waals surface area contributed by atoms with Gasteiger partial charge in [0.05, 0.1) is 13.0 Å². The summed E-state index contributed by atoms with van der Waals surface area (Å²) in [5.74, 6) is 0.0131. The van der Waals surface area contributed by atoms with Crippen molar-refractivity contribution in [3.05, 3.63) is 0 Å². The van der Waals surface area contributed by atoms with Crippen molar-refractivity contribution >= 4 is 17.7 Å². The molecule has 2 aliphatic rings. The molecule has 2 unspecified atom stereocenters. The zero-order valence-corrected chi connectivity index (χ0v) is 8.46. The third-order valence-corrected chi connectivity index (χ3v) is 3.73. The van der Waals surface area contributed by atoms with Gasteiger partial charge in [0.2, 0.25) is 0 Å². The van der Waals surface area contributed by atoms with Crippen LogP contribution in [0.4, 0.5) is 0 Å². The molecule has 0 aliphatic carbocycles. The average Bonchev–Trinajstić information content (AvgIpc) is 2.42. The normalized spacial score (nSPS) is 39.1. The molecule has 2 rings (SSSR count). The maximum Gasteiger partial charge on any atom is 0.308 e. The maximum absolute atomic E-state index is 11.3. The Morgan fingerprint density at radius 3 is 2.38 bits per heavy atom. The number of piperidine rings is 1. The van der Waals surface area contributed by atoms with Gasteiger partial charge in [-0.1, -0.05) is 0 Å². The number of rotatable bonds is 1. The van der Waals surface area contributed by atoms with Crippen molar-refractivity contribution in [3.63, 3.8) is 0 Å². The third-order valence-electron chi connectivity index (χ3n) is 3.18.